The largest absolute Gasteiger partial charge is 0.505 e. The zero-order chi connectivity index (χ0) is 14.9. The molecule has 2 aromatic rings. The highest BCUT2D eigenvalue weighted by molar-refractivity contribution is 9.10. The molecule has 1 heterocycles. The van der Waals surface area contributed by atoms with E-state index in [1.54, 1.807) is 23.9 Å². The number of aromatic nitrogens is 1. The molecule has 0 spiro atoms. The second-order valence-electron chi connectivity index (χ2n) is 4.12. The molecule has 1 aromatic heterocycles. The Balaban J connectivity index is 2.31. The van der Waals surface area contributed by atoms with E-state index in [9.17, 15) is 14.7 Å². The zero-order valence-electron chi connectivity index (χ0n) is 10.4. The quantitative estimate of drug-likeness (QED) is 0.749. The number of rotatable bonds is 3. The van der Waals surface area contributed by atoms with Gasteiger partial charge in [-0.05, 0) is 34.1 Å². The number of aromatic carboxylic acids is 1. The number of carbonyl (C=O) groups excluding carboxylic acids is 1. The van der Waals surface area contributed by atoms with Crippen LogP contribution in [0.25, 0.3) is 0 Å². The standard InChI is InChI=1S/C13H11BrN2O4/c1-16-6-7(14)5-10(16)12(18)15-9-4-2-3-8(11(9)17)13(19)20/h2-6,17H,1H3,(H,15,18)(H,19,20). The third-order valence-corrected chi connectivity index (χ3v) is 3.15. The Morgan fingerprint density at radius 1 is 1.35 bits per heavy atom. The van der Waals surface area contributed by atoms with Crippen LogP contribution in [-0.2, 0) is 7.05 Å². The minimum atomic E-state index is -1.26. The highest BCUT2D eigenvalue weighted by atomic mass is 79.9. The molecule has 0 saturated heterocycles. The van der Waals surface area contributed by atoms with Crippen LogP contribution < -0.4 is 5.32 Å². The third-order valence-electron chi connectivity index (χ3n) is 2.72. The first-order valence-electron chi connectivity index (χ1n) is 5.58. The second kappa shape index (κ2) is 5.38. The van der Waals surface area contributed by atoms with Gasteiger partial charge in [-0.25, -0.2) is 4.79 Å². The lowest BCUT2D eigenvalue weighted by Crippen LogP contribution is -2.15. The molecule has 0 aliphatic rings. The van der Waals surface area contributed by atoms with Gasteiger partial charge in [-0.2, -0.15) is 0 Å². The molecule has 1 amide bonds. The lowest BCUT2D eigenvalue weighted by atomic mass is 10.1. The highest BCUT2D eigenvalue weighted by Gasteiger charge is 2.17. The Labute approximate surface area is 122 Å². The van der Waals surface area contributed by atoms with Gasteiger partial charge in [-0.1, -0.05) is 6.07 Å². The van der Waals surface area contributed by atoms with E-state index in [4.69, 9.17) is 5.11 Å². The molecule has 0 saturated carbocycles. The summed E-state index contributed by atoms with van der Waals surface area (Å²) in [5.41, 5.74) is 0.153. The Morgan fingerprint density at radius 3 is 2.60 bits per heavy atom. The second-order valence-corrected chi connectivity index (χ2v) is 5.03. The first kappa shape index (κ1) is 14.1. The Hall–Kier alpha value is -2.28. The number of para-hydroxylation sites is 1. The van der Waals surface area contributed by atoms with Gasteiger partial charge in [0.1, 0.15) is 11.3 Å². The molecule has 2 rings (SSSR count). The minimum absolute atomic E-state index is 0.0484. The number of aryl methyl sites for hydroxylation is 1. The molecule has 1 aromatic carbocycles. The van der Waals surface area contributed by atoms with Gasteiger partial charge in [0.25, 0.3) is 5.91 Å². The fraction of sp³-hybridized carbons (Fsp3) is 0.0769. The number of amides is 1. The fourth-order valence-electron chi connectivity index (χ4n) is 1.75. The zero-order valence-corrected chi connectivity index (χ0v) is 12.0. The van der Waals surface area contributed by atoms with Crippen molar-refractivity contribution in [3.8, 4) is 5.75 Å². The molecule has 0 radical (unpaired) electrons. The van der Waals surface area contributed by atoms with Crippen LogP contribution in [0.2, 0.25) is 0 Å². The van der Waals surface area contributed by atoms with Crippen molar-refractivity contribution in [2.24, 2.45) is 7.05 Å². The number of phenols is 1. The van der Waals surface area contributed by atoms with E-state index in [-0.39, 0.29) is 11.3 Å². The van der Waals surface area contributed by atoms with Gasteiger partial charge in [0, 0.05) is 17.7 Å². The van der Waals surface area contributed by atoms with E-state index in [1.807, 2.05) is 0 Å². The molecule has 0 unspecified atom stereocenters. The molecule has 0 bridgehead atoms. The summed E-state index contributed by atoms with van der Waals surface area (Å²) in [4.78, 5) is 23.0. The molecule has 0 aliphatic carbocycles. The van der Waals surface area contributed by atoms with E-state index in [2.05, 4.69) is 21.2 Å². The first-order chi connectivity index (χ1) is 9.40. The average molecular weight is 339 g/mol. The molecular weight excluding hydrogens is 328 g/mol. The summed E-state index contributed by atoms with van der Waals surface area (Å²) in [6, 6.07) is 5.75. The van der Waals surface area contributed by atoms with Crippen molar-refractivity contribution in [1.29, 1.82) is 0 Å². The number of carbonyl (C=O) groups is 2. The summed E-state index contributed by atoms with van der Waals surface area (Å²) >= 11 is 3.25. The maximum atomic E-state index is 12.1. The Kier molecular flexibility index (Phi) is 3.80. The van der Waals surface area contributed by atoms with Gasteiger partial charge in [0.05, 0.1) is 5.69 Å². The van der Waals surface area contributed by atoms with Gasteiger partial charge in [-0.3, -0.25) is 4.79 Å². The predicted octanol–water partition coefficient (Wildman–Crippen LogP) is 2.44. The van der Waals surface area contributed by atoms with Crippen molar-refractivity contribution in [3.05, 3.63) is 46.2 Å². The number of nitrogens with zero attached hydrogens (tertiary/aromatic N) is 1. The third kappa shape index (κ3) is 2.67. The molecular formula is C13H11BrN2O4. The molecule has 0 atom stereocenters. The van der Waals surface area contributed by atoms with Crippen LogP contribution in [0.3, 0.4) is 0 Å². The molecule has 0 fully saturated rings. The number of carboxylic acid groups (broad SMARTS) is 1. The predicted molar refractivity (Wildman–Crippen MR) is 76.1 cm³/mol. The van der Waals surface area contributed by atoms with Crippen LogP contribution in [0.5, 0.6) is 5.75 Å². The molecule has 0 aliphatic heterocycles. The van der Waals surface area contributed by atoms with Crippen molar-refractivity contribution in [3.63, 3.8) is 0 Å². The van der Waals surface area contributed by atoms with Crippen molar-refractivity contribution in [2.45, 2.75) is 0 Å². The summed E-state index contributed by atoms with van der Waals surface area (Å²) in [6.45, 7) is 0. The van der Waals surface area contributed by atoms with Crippen molar-refractivity contribution >= 4 is 33.5 Å². The average Bonchev–Trinajstić information content (AvgIpc) is 2.70. The number of halogens is 1. The lowest BCUT2D eigenvalue weighted by molar-refractivity contribution is 0.0693. The number of carboxylic acids is 1. The van der Waals surface area contributed by atoms with E-state index < -0.39 is 17.6 Å². The monoisotopic (exact) mass is 338 g/mol. The van der Waals surface area contributed by atoms with Crippen molar-refractivity contribution in [1.82, 2.24) is 4.57 Å². The Bertz CT molecular complexity index is 694. The van der Waals surface area contributed by atoms with Crippen LogP contribution in [-0.4, -0.2) is 26.7 Å². The van der Waals surface area contributed by atoms with E-state index in [0.29, 0.717) is 5.69 Å². The summed E-state index contributed by atoms with van der Waals surface area (Å²) in [7, 11) is 1.70. The molecule has 3 N–H and O–H groups in total. The van der Waals surface area contributed by atoms with Gasteiger partial charge in [0.2, 0.25) is 0 Å². The normalized spacial score (nSPS) is 10.3. The smallest absolute Gasteiger partial charge is 0.339 e. The molecule has 104 valence electrons. The Morgan fingerprint density at radius 2 is 2.05 bits per heavy atom. The summed E-state index contributed by atoms with van der Waals surface area (Å²) in [5.74, 6) is -2.18. The van der Waals surface area contributed by atoms with E-state index >= 15 is 0 Å². The summed E-state index contributed by atoms with van der Waals surface area (Å²) in [5, 5.41) is 21.2. The number of aromatic hydroxyl groups is 1. The van der Waals surface area contributed by atoms with Crippen LogP contribution in [0.15, 0.2) is 34.9 Å². The molecule has 7 heteroatoms. The number of hydrogen-bond donors (Lipinski definition) is 3. The van der Waals surface area contributed by atoms with Crippen LogP contribution >= 0.6 is 15.9 Å². The molecule has 20 heavy (non-hydrogen) atoms. The first-order valence-corrected chi connectivity index (χ1v) is 6.38. The summed E-state index contributed by atoms with van der Waals surface area (Å²) in [6.07, 6.45) is 1.71. The number of nitrogens with one attached hydrogen (secondary N) is 1. The maximum Gasteiger partial charge on any atom is 0.339 e. The van der Waals surface area contributed by atoms with Gasteiger partial charge in [0.15, 0.2) is 5.75 Å². The number of benzene rings is 1. The van der Waals surface area contributed by atoms with Gasteiger partial charge < -0.3 is 20.1 Å². The SMILES string of the molecule is Cn1cc(Br)cc1C(=O)Nc1cccc(C(=O)O)c1O. The topological polar surface area (TPSA) is 91.6 Å². The number of anilines is 1. The van der Waals surface area contributed by atoms with Crippen molar-refractivity contribution in [2.75, 3.05) is 5.32 Å². The lowest BCUT2D eigenvalue weighted by Gasteiger charge is -2.09. The van der Waals surface area contributed by atoms with E-state index in [1.165, 1.54) is 18.2 Å². The maximum absolute atomic E-state index is 12.1. The van der Waals surface area contributed by atoms with Crippen LogP contribution in [0, 0.1) is 0 Å². The van der Waals surface area contributed by atoms with Gasteiger partial charge >= 0.3 is 5.97 Å². The number of hydrogen-bond acceptors (Lipinski definition) is 3. The van der Waals surface area contributed by atoms with Gasteiger partial charge in [-0.15, -0.1) is 0 Å². The van der Waals surface area contributed by atoms with Crippen LogP contribution in [0.4, 0.5) is 5.69 Å². The molecule has 6 nitrogen and oxygen atoms in total. The highest BCUT2D eigenvalue weighted by Crippen LogP contribution is 2.28. The summed E-state index contributed by atoms with van der Waals surface area (Å²) < 4.78 is 2.35. The fourth-order valence-corrected chi connectivity index (χ4v) is 2.28. The van der Waals surface area contributed by atoms with Crippen molar-refractivity contribution < 1.29 is 19.8 Å². The van der Waals surface area contributed by atoms with Crippen LogP contribution in [0.1, 0.15) is 20.8 Å². The minimum Gasteiger partial charge on any atom is -0.505 e. The van der Waals surface area contributed by atoms with E-state index in [0.717, 1.165) is 4.47 Å².